The number of hydrogen-bond acceptors (Lipinski definition) is 2. The molecule has 2 saturated carbocycles. The highest BCUT2D eigenvalue weighted by Gasteiger charge is 2.38. The van der Waals surface area contributed by atoms with Gasteiger partial charge in [0.25, 0.3) is 0 Å². The minimum Gasteiger partial charge on any atom is -0.459 e. The zero-order valence-corrected chi connectivity index (χ0v) is 13.2. The second-order valence-corrected chi connectivity index (χ2v) is 6.61. The highest BCUT2D eigenvalue weighted by molar-refractivity contribution is 5.87. The summed E-state index contributed by atoms with van der Waals surface area (Å²) in [6.07, 6.45) is 14.6. The molecule has 3 atom stereocenters. The first-order valence-corrected chi connectivity index (χ1v) is 8.60. The van der Waals surface area contributed by atoms with Gasteiger partial charge in [-0.15, -0.1) is 0 Å². The summed E-state index contributed by atoms with van der Waals surface area (Å²) in [5.41, 5.74) is 0.801. The summed E-state index contributed by atoms with van der Waals surface area (Å²) in [6, 6.07) is 0. The minimum atomic E-state index is -0.0731. The van der Waals surface area contributed by atoms with E-state index in [1.807, 2.05) is 13.0 Å². The maximum atomic E-state index is 12.2. The van der Waals surface area contributed by atoms with E-state index in [0.29, 0.717) is 5.92 Å². The van der Waals surface area contributed by atoms with E-state index in [2.05, 4.69) is 6.92 Å². The zero-order chi connectivity index (χ0) is 14.4. The zero-order valence-electron chi connectivity index (χ0n) is 13.2. The second-order valence-electron chi connectivity index (χ2n) is 6.61. The van der Waals surface area contributed by atoms with Gasteiger partial charge in [-0.1, -0.05) is 51.5 Å². The summed E-state index contributed by atoms with van der Waals surface area (Å²) in [6.45, 7) is 4.07. The number of carbonyl (C=O) groups excluding carboxylic acids is 1. The molecule has 2 nitrogen and oxygen atoms in total. The van der Waals surface area contributed by atoms with Crippen molar-refractivity contribution in [3.05, 3.63) is 11.6 Å². The maximum absolute atomic E-state index is 12.2. The molecule has 2 aliphatic carbocycles. The summed E-state index contributed by atoms with van der Waals surface area (Å²) >= 11 is 0. The van der Waals surface area contributed by atoms with Crippen molar-refractivity contribution in [2.75, 3.05) is 0 Å². The summed E-state index contributed by atoms with van der Waals surface area (Å²) in [5, 5.41) is 0. The first-order chi connectivity index (χ1) is 9.72. The summed E-state index contributed by atoms with van der Waals surface area (Å²) < 4.78 is 5.82. The highest BCUT2D eigenvalue weighted by Crippen LogP contribution is 2.42. The third kappa shape index (κ3) is 4.10. The normalized spacial score (nSPS) is 30.7. The lowest BCUT2D eigenvalue weighted by molar-refractivity contribution is -0.146. The molecule has 0 aromatic rings. The van der Waals surface area contributed by atoms with E-state index >= 15 is 0 Å². The fourth-order valence-electron chi connectivity index (χ4n) is 3.84. The van der Waals surface area contributed by atoms with Gasteiger partial charge >= 0.3 is 5.97 Å². The van der Waals surface area contributed by atoms with E-state index in [1.165, 1.54) is 44.9 Å². The maximum Gasteiger partial charge on any atom is 0.333 e. The van der Waals surface area contributed by atoms with Gasteiger partial charge in [0, 0.05) is 5.57 Å². The molecule has 0 radical (unpaired) electrons. The Morgan fingerprint density at radius 3 is 2.75 bits per heavy atom. The third-order valence-corrected chi connectivity index (χ3v) is 5.11. The Kier molecular flexibility index (Phi) is 6.12. The molecule has 2 heteroatoms. The van der Waals surface area contributed by atoms with Gasteiger partial charge in [-0.2, -0.15) is 0 Å². The molecule has 2 rings (SSSR count). The lowest BCUT2D eigenvalue weighted by Crippen LogP contribution is -2.25. The number of esters is 1. The molecule has 0 aromatic heterocycles. The number of ether oxygens (including phenoxy) is 1. The number of carbonyl (C=O) groups is 1. The van der Waals surface area contributed by atoms with E-state index in [9.17, 15) is 4.79 Å². The third-order valence-electron chi connectivity index (χ3n) is 5.11. The van der Waals surface area contributed by atoms with Crippen LogP contribution in [0.3, 0.4) is 0 Å². The first-order valence-electron chi connectivity index (χ1n) is 8.60. The smallest absolute Gasteiger partial charge is 0.333 e. The molecule has 0 N–H and O–H groups in total. The van der Waals surface area contributed by atoms with Gasteiger partial charge in [-0.25, -0.2) is 4.79 Å². The number of allylic oxidation sites excluding steroid dienone is 1. The SMILES string of the molecule is CCCCC=C(C)C(=O)OC1CCC2CCCCCC21. The molecule has 0 bridgehead atoms. The largest absolute Gasteiger partial charge is 0.459 e. The number of hydrogen-bond donors (Lipinski definition) is 0. The summed E-state index contributed by atoms with van der Waals surface area (Å²) in [4.78, 5) is 12.2. The molecule has 0 aromatic carbocycles. The van der Waals surface area contributed by atoms with Crippen LogP contribution < -0.4 is 0 Å². The molecule has 2 aliphatic rings. The van der Waals surface area contributed by atoms with Crippen LogP contribution >= 0.6 is 0 Å². The van der Waals surface area contributed by atoms with Crippen molar-refractivity contribution < 1.29 is 9.53 Å². The van der Waals surface area contributed by atoms with E-state index in [-0.39, 0.29) is 12.1 Å². The molecule has 0 aliphatic heterocycles. The van der Waals surface area contributed by atoms with E-state index in [1.54, 1.807) is 0 Å². The highest BCUT2D eigenvalue weighted by atomic mass is 16.5. The van der Waals surface area contributed by atoms with Gasteiger partial charge in [0.15, 0.2) is 0 Å². The van der Waals surface area contributed by atoms with Crippen LogP contribution in [0, 0.1) is 11.8 Å². The van der Waals surface area contributed by atoms with Crippen molar-refractivity contribution in [3.63, 3.8) is 0 Å². The second kappa shape index (κ2) is 7.85. The molecule has 0 heterocycles. The fourth-order valence-corrected chi connectivity index (χ4v) is 3.84. The van der Waals surface area contributed by atoms with Crippen LogP contribution in [0.5, 0.6) is 0 Å². The Morgan fingerprint density at radius 2 is 1.95 bits per heavy atom. The van der Waals surface area contributed by atoms with Crippen LogP contribution in [0.4, 0.5) is 0 Å². The Morgan fingerprint density at radius 1 is 1.15 bits per heavy atom. The standard InChI is InChI=1S/C18H30O2/c1-3-4-6-9-14(2)18(19)20-17-13-12-15-10-7-5-8-11-16(15)17/h9,15-17H,3-8,10-13H2,1-2H3. The van der Waals surface area contributed by atoms with E-state index < -0.39 is 0 Å². The first kappa shape index (κ1) is 15.6. The van der Waals surface area contributed by atoms with Crippen LogP contribution in [0.25, 0.3) is 0 Å². The molecule has 114 valence electrons. The van der Waals surface area contributed by atoms with E-state index in [0.717, 1.165) is 30.8 Å². The van der Waals surface area contributed by atoms with Gasteiger partial charge in [0.2, 0.25) is 0 Å². The lowest BCUT2D eigenvalue weighted by atomic mass is 9.90. The average molecular weight is 278 g/mol. The van der Waals surface area contributed by atoms with Crippen molar-refractivity contribution >= 4 is 5.97 Å². The summed E-state index contributed by atoms with van der Waals surface area (Å²) in [5.74, 6) is 1.39. The topological polar surface area (TPSA) is 26.3 Å². The molecule has 0 spiro atoms. The quantitative estimate of drug-likeness (QED) is 0.401. The minimum absolute atomic E-state index is 0.0731. The van der Waals surface area contributed by atoms with E-state index in [4.69, 9.17) is 4.74 Å². The van der Waals surface area contributed by atoms with Gasteiger partial charge in [-0.05, 0) is 44.4 Å². The Labute approximate surface area is 124 Å². The molecular weight excluding hydrogens is 248 g/mol. The number of unbranched alkanes of at least 4 members (excludes halogenated alkanes) is 2. The number of fused-ring (bicyclic) bond motifs is 1. The van der Waals surface area contributed by atoms with Crippen LogP contribution in [-0.4, -0.2) is 12.1 Å². The predicted molar refractivity (Wildman–Crippen MR) is 82.5 cm³/mol. The predicted octanol–water partition coefficient (Wildman–Crippen LogP) is 5.03. The fraction of sp³-hybridized carbons (Fsp3) is 0.833. The molecule has 20 heavy (non-hydrogen) atoms. The number of rotatable bonds is 5. The van der Waals surface area contributed by atoms with Crippen molar-refractivity contribution in [3.8, 4) is 0 Å². The van der Waals surface area contributed by atoms with Crippen molar-refractivity contribution in [1.29, 1.82) is 0 Å². The van der Waals surface area contributed by atoms with Gasteiger partial charge in [0.05, 0.1) is 0 Å². The molecule has 0 amide bonds. The van der Waals surface area contributed by atoms with Crippen molar-refractivity contribution in [2.45, 2.75) is 84.2 Å². The van der Waals surface area contributed by atoms with Crippen LogP contribution in [0.15, 0.2) is 11.6 Å². The van der Waals surface area contributed by atoms with Crippen molar-refractivity contribution in [2.24, 2.45) is 11.8 Å². The van der Waals surface area contributed by atoms with Crippen LogP contribution in [-0.2, 0) is 9.53 Å². The van der Waals surface area contributed by atoms with Crippen molar-refractivity contribution in [1.82, 2.24) is 0 Å². The lowest BCUT2D eigenvalue weighted by Gasteiger charge is -2.23. The molecule has 3 unspecified atom stereocenters. The Balaban J connectivity index is 1.86. The van der Waals surface area contributed by atoms with Gasteiger partial charge in [-0.3, -0.25) is 0 Å². The average Bonchev–Trinajstić information content (AvgIpc) is 2.67. The molecular formula is C18H30O2. The molecule has 0 saturated heterocycles. The Hall–Kier alpha value is -0.790. The molecule has 2 fully saturated rings. The Bertz CT molecular complexity index is 345. The van der Waals surface area contributed by atoms with Crippen LogP contribution in [0.1, 0.15) is 78.1 Å². The van der Waals surface area contributed by atoms with Gasteiger partial charge < -0.3 is 4.74 Å². The summed E-state index contributed by atoms with van der Waals surface area (Å²) in [7, 11) is 0. The monoisotopic (exact) mass is 278 g/mol. The van der Waals surface area contributed by atoms with Gasteiger partial charge in [0.1, 0.15) is 6.10 Å². The van der Waals surface area contributed by atoms with Crippen LogP contribution in [0.2, 0.25) is 0 Å².